The number of unbranched alkanes of at least 4 members (excludes halogenated alkanes) is 6. The monoisotopic (exact) mass is 1060 g/mol. The molecule has 30 heteroatoms. The van der Waals surface area contributed by atoms with Gasteiger partial charge in [-0.25, -0.2) is 14.9 Å². The molecule has 1 saturated heterocycles. The van der Waals surface area contributed by atoms with Crippen LogP contribution in [-0.2, 0) is 57.5 Å². The topological polar surface area (TPSA) is 475 Å². The minimum absolute atomic E-state index is 0.0232. The van der Waals surface area contributed by atoms with Gasteiger partial charge < -0.3 is 73.8 Å². The quantitative estimate of drug-likeness (QED) is 0.0122. The summed E-state index contributed by atoms with van der Waals surface area (Å²) in [5.41, 5.74) is 4.71. The molecule has 0 bridgehead atoms. The number of primary amides is 1. The van der Waals surface area contributed by atoms with E-state index in [2.05, 4.69) is 44.1 Å². The van der Waals surface area contributed by atoms with Gasteiger partial charge in [-0.15, -0.1) is 0 Å². The number of aliphatic hydroxyl groups excluding tert-OH is 4. The highest BCUT2D eigenvalue weighted by Gasteiger charge is 2.37. The number of piperidine rings is 1. The molecule has 0 radical (unpaired) electrons. The molecule has 74 heavy (non-hydrogen) atoms. The molecule has 0 aromatic carbocycles. The highest BCUT2D eigenvalue weighted by molar-refractivity contribution is 6.02. The molecule has 1 aliphatic heterocycles. The molecule has 0 saturated carbocycles. The van der Waals surface area contributed by atoms with E-state index in [-0.39, 0.29) is 32.4 Å². The van der Waals surface area contributed by atoms with Crippen molar-refractivity contribution in [3.63, 3.8) is 0 Å². The molecule has 11 amide bonds. The van der Waals surface area contributed by atoms with Crippen molar-refractivity contribution in [2.75, 3.05) is 32.9 Å². The lowest BCUT2D eigenvalue weighted by Crippen LogP contribution is -2.62. The number of aliphatic carboxylic acids is 1. The fourth-order valence-corrected chi connectivity index (χ4v) is 6.99. The van der Waals surface area contributed by atoms with Gasteiger partial charge in [0.2, 0.25) is 53.2 Å². The number of hydroxylamine groups is 4. The van der Waals surface area contributed by atoms with Crippen molar-refractivity contribution in [3.05, 3.63) is 11.8 Å². The molecular weight excluding hydrogens is 987 g/mol. The maximum absolute atomic E-state index is 13.7. The second-order valence-electron chi connectivity index (χ2n) is 17.2. The third-order valence-electron chi connectivity index (χ3n) is 11.3. The Morgan fingerprint density at radius 1 is 0.703 bits per heavy atom. The fourth-order valence-electron chi connectivity index (χ4n) is 6.99. The van der Waals surface area contributed by atoms with Gasteiger partial charge in [0, 0.05) is 32.9 Å². The average molecular weight is 1060 g/mol. The van der Waals surface area contributed by atoms with Crippen molar-refractivity contribution in [1.29, 1.82) is 0 Å². The first-order valence-electron chi connectivity index (χ1n) is 24.0. The molecule has 0 aromatic heterocycles. The van der Waals surface area contributed by atoms with Gasteiger partial charge in [0.25, 0.3) is 11.8 Å². The number of carboxylic acids is 1. The molecule has 8 atom stereocenters. The summed E-state index contributed by atoms with van der Waals surface area (Å²) in [6.07, 6.45) is 2.97. The van der Waals surface area contributed by atoms with Crippen LogP contribution >= 0.6 is 0 Å². The van der Waals surface area contributed by atoms with E-state index in [0.717, 1.165) is 45.1 Å². The number of carboxylic acid groups (broad SMARTS) is 1. The predicted octanol–water partition coefficient (Wildman–Crippen LogP) is -5.74. The Kier molecular flexibility index (Phi) is 30.4. The number of nitrogens with two attached hydrogens (primary N) is 1. The first-order chi connectivity index (χ1) is 35.0. The molecule has 1 fully saturated rings. The van der Waals surface area contributed by atoms with E-state index in [4.69, 9.17) is 5.73 Å². The maximum Gasteiger partial charge on any atom is 0.335 e. The van der Waals surface area contributed by atoms with Crippen LogP contribution in [0.3, 0.4) is 0 Å². The minimum atomic E-state index is -2.52. The zero-order chi connectivity index (χ0) is 56.1. The number of rotatable bonds is 35. The molecule has 0 aliphatic carbocycles. The van der Waals surface area contributed by atoms with Crippen LogP contribution in [0.4, 0.5) is 0 Å². The standard InChI is InChI=1S/C44H73N11O19/c1-4-6-7-8-9-10-11-16-33(61)53-34(35(62)44(71)72)42(69)52-31(23-58)40(67)48-27(17-18-32(45)60)38(65)51-29(21-56)39(66)47-26(14-12-19-54(73)24(3)59)37(64)46-25(5-2)36(63)50-30(22-57)41(68)49-28-15-13-20-55(74)43(28)70/h5,26-31,34-35,56-58,62,73-74H,4,6-23H2,1-3H3,(H2,45,60)(H,46,64)(H,47,66)(H,48,67)(H,49,68)(H,50,63)(H,51,65)(H,52,69)(H,53,61)(H,71,72)/b25-5+/t26-,27-,28+,29-,30+,31+,34+,35+/m0/s1. The van der Waals surface area contributed by atoms with E-state index in [9.17, 15) is 93.5 Å². The van der Waals surface area contributed by atoms with E-state index in [1.165, 1.54) is 6.92 Å². The van der Waals surface area contributed by atoms with Gasteiger partial charge >= 0.3 is 5.97 Å². The largest absolute Gasteiger partial charge is 0.479 e. The van der Waals surface area contributed by atoms with E-state index in [0.29, 0.717) is 29.4 Å². The lowest BCUT2D eigenvalue weighted by atomic mass is 10.1. The third-order valence-corrected chi connectivity index (χ3v) is 11.3. The lowest BCUT2D eigenvalue weighted by molar-refractivity contribution is -0.173. The molecule has 0 spiro atoms. The molecule has 17 N–H and O–H groups in total. The number of hydrogen-bond donors (Lipinski definition) is 16. The molecule has 1 rings (SSSR count). The summed E-state index contributed by atoms with van der Waals surface area (Å²) in [6, 6.07) is -12.5. The number of amides is 11. The zero-order valence-corrected chi connectivity index (χ0v) is 41.6. The maximum atomic E-state index is 13.7. The van der Waals surface area contributed by atoms with Crippen LogP contribution in [0.2, 0.25) is 0 Å². The van der Waals surface area contributed by atoms with Crippen LogP contribution in [0.5, 0.6) is 0 Å². The van der Waals surface area contributed by atoms with Gasteiger partial charge in [-0.3, -0.25) is 63.2 Å². The summed E-state index contributed by atoms with van der Waals surface area (Å²) >= 11 is 0. The number of hydrogen-bond acceptors (Lipinski definition) is 18. The normalized spacial score (nSPS) is 16.3. The molecular formula is C44H73N11O19. The Bertz CT molecular complexity index is 1990. The van der Waals surface area contributed by atoms with Crippen LogP contribution in [0.25, 0.3) is 0 Å². The molecule has 418 valence electrons. The zero-order valence-electron chi connectivity index (χ0n) is 41.6. The smallest absolute Gasteiger partial charge is 0.335 e. The van der Waals surface area contributed by atoms with E-state index in [1.807, 2.05) is 5.32 Å². The molecule has 1 aliphatic rings. The van der Waals surface area contributed by atoms with Crippen molar-refractivity contribution in [3.8, 4) is 0 Å². The first kappa shape index (κ1) is 65.2. The second-order valence-corrected chi connectivity index (χ2v) is 17.2. The highest BCUT2D eigenvalue weighted by atomic mass is 16.5. The predicted molar refractivity (Wildman–Crippen MR) is 252 cm³/mol. The summed E-state index contributed by atoms with van der Waals surface area (Å²) < 4.78 is 0. The Morgan fingerprint density at radius 2 is 1.22 bits per heavy atom. The molecule has 30 nitrogen and oxygen atoms in total. The number of nitrogens with zero attached hydrogens (tertiary/aromatic N) is 2. The van der Waals surface area contributed by atoms with Crippen LogP contribution in [0.1, 0.15) is 111 Å². The first-order valence-corrected chi connectivity index (χ1v) is 24.0. The van der Waals surface area contributed by atoms with Crippen LogP contribution in [0, 0.1) is 0 Å². The van der Waals surface area contributed by atoms with Gasteiger partial charge in [0.15, 0.2) is 6.10 Å². The van der Waals surface area contributed by atoms with Crippen molar-refractivity contribution in [1.82, 2.24) is 52.7 Å². The minimum Gasteiger partial charge on any atom is -0.479 e. The Labute approximate surface area is 425 Å². The molecule has 0 aromatic rings. The van der Waals surface area contributed by atoms with Gasteiger partial charge in [0.05, 0.1) is 19.8 Å². The van der Waals surface area contributed by atoms with Crippen molar-refractivity contribution < 1.29 is 93.5 Å². The van der Waals surface area contributed by atoms with Crippen LogP contribution in [0.15, 0.2) is 11.8 Å². The summed E-state index contributed by atoms with van der Waals surface area (Å²) in [6.45, 7) is 0.604. The second kappa shape index (κ2) is 34.5. The average Bonchev–Trinajstić information content (AvgIpc) is 3.35. The van der Waals surface area contributed by atoms with Gasteiger partial charge in [-0.1, -0.05) is 51.5 Å². The van der Waals surface area contributed by atoms with E-state index < -0.39 is 164 Å². The van der Waals surface area contributed by atoms with Gasteiger partial charge in [-0.05, 0) is 45.4 Å². The Morgan fingerprint density at radius 3 is 1.74 bits per heavy atom. The van der Waals surface area contributed by atoms with E-state index >= 15 is 0 Å². The van der Waals surface area contributed by atoms with E-state index in [1.54, 1.807) is 0 Å². The Balaban J connectivity index is 3.25. The lowest BCUT2D eigenvalue weighted by Gasteiger charge is -2.29. The van der Waals surface area contributed by atoms with Crippen molar-refractivity contribution in [2.45, 2.75) is 159 Å². The molecule has 0 unspecified atom stereocenters. The summed E-state index contributed by atoms with van der Waals surface area (Å²) in [7, 11) is 0. The number of aliphatic hydroxyl groups is 4. The number of carbonyl (C=O) groups excluding carboxylic acids is 11. The number of nitrogens with one attached hydrogen (secondary N) is 8. The summed E-state index contributed by atoms with van der Waals surface area (Å²) in [4.78, 5) is 154. The number of allylic oxidation sites excluding steroid dienone is 1. The van der Waals surface area contributed by atoms with Gasteiger partial charge in [0.1, 0.15) is 48.0 Å². The number of carbonyl (C=O) groups is 12. The van der Waals surface area contributed by atoms with Gasteiger partial charge in [-0.2, -0.15) is 0 Å². The SMILES string of the molecule is C/C=C(/NC(=O)[C@H](CCCN(O)C(C)=O)NC(=O)[C@H](CO)NC(=O)[C@H](CCC(N)=O)NC(=O)[C@@H](CO)NC(=O)[C@H](NC(=O)CCCCCCCCC)[C@@H](O)C(=O)O)C(=O)N[C@H](CO)C(=O)N[C@@H]1CCCN(O)C1=O. The van der Waals surface area contributed by atoms with Crippen molar-refractivity contribution >= 4 is 70.9 Å². The summed E-state index contributed by atoms with van der Waals surface area (Å²) in [5, 5.41) is 87.4. The third kappa shape index (κ3) is 23.3. The van der Waals surface area contributed by atoms with Crippen molar-refractivity contribution in [2.24, 2.45) is 5.73 Å². The molecule has 1 heterocycles. The summed E-state index contributed by atoms with van der Waals surface area (Å²) in [5.74, 6) is -14.0. The Hall–Kier alpha value is -6.86. The highest BCUT2D eigenvalue weighted by Crippen LogP contribution is 2.12. The van der Waals surface area contributed by atoms with Crippen LogP contribution < -0.4 is 48.3 Å². The van der Waals surface area contributed by atoms with Crippen LogP contribution in [-0.4, -0.2) is 198 Å². The fraction of sp³-hybridized carbons (Fsp3) is 0.682.